The van der Waals surface area contributed by atoms with Crippen molar-refractivity contribution in [2.45, 2.75) is 5.51 Å². The first-order chi connectivity index (χ1) is 7.26. The highest BCUT2D eigenvalue weighted by Gasteiger charge is 2.48. The van der Waals surface area contributed by atoms with Gasteiger partial charge in [-0.25, -0.2) is 4.98 Å². The summed E-state index contributed by atoms with van der Waals surface area (Å²) in [5, 5.41) is 8.42. The van der Waals surface area contributed by atoms with Gasteiger partial charge >= 0.3 is 15.6 Å². The van der Waals surface area contributed by atoms with Crippen LogP contribution < -0.4 is 4.18 Å². The maximum Gasteiger partial charge on any atom is 0.534 e. The molecule has 5 nitrogen and oxygen atoms in total. The number of pyridine rings is 1. The molecule has 0 aliphatic heterocycles. The Morgan fingerprint density at radius 1 is 1.44 bits per heavy atom. The lowest BCUT2D eigenvalue weighted by atomic mass is 10.3. The molecule has 9 heteroatoms. The fourth-order valence-electron chi connectivity index (χ4n) is 0.684. The van der Waals surface area contributed by atoms with Crippen LogP contribution in [0.2, 0.25) is 0 Å². The highest BCUT2D eigenvalue weighted by Crippen LogP contribution is 2.25. The topological polar surface area (TPSA) is 80.0 Å². The molecule has 0 aromatic carbocycles. The van der Waals surface area contributed by atoms with Crippen LogP contribution in [-0.2, 0) is 10.1 Å². The van der Waals surface area contributed by atoms with Crippen molar-refractivity contribution in [2.24, 2.45) is 0 Å². The van der Waals surface area contributed by atoms with E-state index in [2.05, 4.69) is 9.17 Å². The summed E-state index contributed by atoms with van der Waals surface area (Å²) in [4.78, 5) is 3.23. The van der Waals surface area contributed by atoms with Crippen molar-refractivity contribution in [2.75, 3.05) is 0 Å². The van der Waals surface area contributed by atoms with E-state index < -0.39 is 21.5 Å². The van der Waals surface area contributed by atoms with Crippen molar-refractivity contribution in [1.29, 1.82) is 5.26 Å². The van der Waals surface area contributed by atoms with Gasteiger partial charge in [0.1, 0.15) is 0 Å². The zero-order valence-corrected chi connectivity index (χ0v) is 8.21. The highest BCUT2D eigenvalue weighted by molar-refractivity contribution is 7.87. The van der Waals surface area contributed by atoms with E-state index in [4.69, 9.17) is 5.26 Å². The molecule has 0 bridgehead atoms. The van der Waals surface area contributed by atoms with Gasteiger partial charge in [-0.3, -0.25) is 0 Å². The molecule has 0 fully saturated rings. The van der Waals surface area contributed by atoms with E-state index in [0.717, 1.165) is 12.3 Å². The number of hydrogen-bond donors (Lipinski definition) is 0. The monoisotopic (exact) mass is 252 g/mol. The third kappa shape index (κ3) is 2.60. The number of halogens is 3. The summed E-state index contributed by atoms with van der Waals surface area (Å²) < 4.78 is 60.5. The minimum atomic E-state index is -5.75. The van der Waals surface area contributed by atoms with Crippen molar-refractivity contribution in [3.8, 4) is 11.9 Å². The third-order valence-electron chi connectivity index (χ3n) is 1.34. The number of aromatic nitrogens is 1. The standard InChI is InChI=1S/C7H3F3N2O3S/c8-7(9,10)16(13,14)15-6-3-5(4-11)1-2-12-6/h1-3H. The van der Waals surface area contributed by atoms with Crippen molar-refractivity contribution >= 4 is 10.1 Å². The molecule has 1 heterocycles. The smallest absolute Gasteiger partial charge is 0.355 e. The lowest BCUT2D eigenvalue weighted by Gasteiger charge is -2.08. The highest BCUT2D eigenvalue weighted by atomic mass is 32.2. The molecule has 86 valence electrons. The largest absolute Gasteiger partial charge is 0.534 e. The second-order valence-corrected chi connectivity index (χ2v) is 4.02. The van der Waals surface area contributed by atoms with Crippen molar-refractivity contribution in [3.05, 3.63) is 23.9 Å². The fraction of sp³-hybridized carbons (Fsp3) is 0.143. The van der Waals surface area contributed by atoms with E-state index in [1.807, 2.05) is 0 Å². The Hall–Kier alpha value is -1.82. The SMILES string of the molecule is N#Cc1ccnc(OS(=O)(=O)C(F)(F)F)c1. The molecule has 0 N–H and O–H groups in total. The van der Waals surface area contributed by atoms with E-state index in [1.54, 1.807) is 6.07 Å². The quantitative estimate of drug-likeness (QED) is 0.583. The second-order valence-electron chi connectivity index (χ2n) is 2.48. The van der Waals surface area contributed by atoms with Crippen LogP contribution in [-0.4, -0.2) is 18.9 Å². The number of nitrogens with zero attached hydrogens (tertiary/aromatic N) is 2. The summed E-state index contributed by atoms with van der Waals surface area (Å²) in [5.74, 6) is -0.809. The zero-order chi connectivity index (χ0) is 12.4. The van der Waals surface area contributed by atoms with Gasteiger partial charge in [-0.2, -0.15) is 26.9 Å². The van der Waals surface area contributed by atoms with Gasteiger partial charge in [0, 0.05) is 12.3 Å². The maximum absolute atomic E-state index is 11.9. The van der Waals surface area contributed by atoms with Crippen LogP contribution >= 0.6 is 0 Å². The van der Waals surface area contributed by atoms with Crippen LogP contribution in [0.5, 0.6) is 5.88 Å². The van der Waals surface area contributed by atoms with Gasteiger partial charge in [0.05, 0.1) is 11.6 Å². The van der Waals surface area contributed by atoms with Crippen LogP contribution in [0, 0.1) is 11.3 Å². The molecular weight excluding hydrogens is 249 g/mol. The first-order valence-corrected chi connectivity index (χ1v) is 5.04. The van der Waals surface area contributed by atoms with Gasteiger partial charge in [0.15, 0.2) is 0 Å². The van der Waals surface area contributed by atoms with Crippen molar-refractivity contribution in [3.63, 3.8) is 0 Å². The number of hydrogen-bond acceptors (Lipinski definition) is 5. The Morgan fingerprint density at radius 2 is 2.06 bits per heavy atom. The lowest BCUT2D eigenvalue weighted by molar-refractivity contribution is -0.0501. The molecule has 0 saturated carbocycles. The van der Waals surface area contributed by atoms with Crippen LogP contribution in [0.3, 0.4) is 0 Å². The minimum Gasteiger partial charge on any atom is -0.355 e. The molecule has 1 aromatic heterocycles. The van der Waals surface area contributed by atoms with E-state index in [-0.39, 0.29) is 5.56 Å². The molecule has 0 unspecified atom stereocenters. The summed E-state index contributed by atoms with van der Waals surface area (Å²) in [7, 11) is -5.75. The first kappa shape index (κ1) is 12.3. The summed E-state index contributed by atoms with van der Waals surface area (Å²) in [5.41, 5.74) is -5.60. The van der Waals surface area contributed by atoms with Gasteiger partial charge in [-0.15, -0.1) is 0 Å². The first-order valence-electron chi connectivity index (χ1n) is 3.63. The normalized spacial score (nSPS) is 11.9. The summed E-state index contributed by atoms with van der Waals surface area (Å²) in [6, 6.07) is 3.56. The summed E-state index contributed by atoms with van der Waals surface area (Å²) >= 11 is 0. The lowest BCUT2D eigenvalue weighted by Crippen LogP contribution is -2.28. The average molecular weight is 252 g/mol. The average Bonchev–Trinajstić information content (AvgIpc) is 2.15. The van der Waals surface area contributed by atoms with Crippen LogP contribution in [0.4, 0.5) is 13.2 Å². The fourth-order valence-corrected chi connectivity index (χ4v) is 1.09. The maximum atomic E-state index is 11.9. The van der Waals surface area contributed by atoms with Crippen molar-refractivity contribution in [1.82, 2.24) is 4.98 Å². The molecule has 0 atom stereocenters. The minimum absolute atomic E-state index is 0.0672. The van der Waals surface area contributed by atoms with Crippen molar-refractivity contribution < 1.29 is 25.8 Å². The molecule has 0 aliphatic rings. The molecule has 0 amide bonds. The zero-order valence-electron chi connectivity index (χ0n) is 7.39. The number of rotatable bonds is 2. The summed E-state index contributed by atoms with van der Waals surface area (Å²) in [6.07, 6.45) is 0.958. The van der Waals surface area contributed by atoms with Gasteiger partial charge in [-0.05, 0) is 6.07 Å². The van der Waals surface area contributed by atoms with E-state index in [9.17, 15) is 21.6 Å². The van der Waals surface area contributed by atoms with Gasteiger partial charge < -0.3 is 4.18 Å². The Kier molecular flexibility index (Phi) is 3.04. The Balaban J connectivity index is 3.03. The van der Waals surface area contributed by atoms with Crippen LogP contribution in [0.25, 0.3) is 0 Å². The van der Waals surface area contributed by atoms with Gasteiger partial charge in [0.2, 0.25) is 5.88 Å². The third-order valence-corrected chi connectivity index (χ3v) is 2.30. The summed E-state index contributed by atoms with van der Waals surface area (Å²) in [6.45, 7) is 0. The number of alkyl halides is 3. The molecule has 0 saturated heterocycles. The number of nitriles is 1. The predicted octanol–water partition coefficient (Wildman–Crippen LogP) is 1.18. The molecule has 1 rings (SSSR count). The molecule has 1 aromatic rings. The molecule has 0 aliphatic carbocycles. The van der Waals surface area contributed by atoms with Gasteiger partial charge in [0.25, 0.3) is 0 Å². The molecule has 0 spiro atoms. The second kappa shape index (κ2) is 3.97. The Bertz CT molecular complexity index is 533. The van der Waals surface area contributed by atoms with E-state index >= 15 is 0 Å². The van der Waals surface area contributed by atoms with E-state index in [0.29, 0.717) is 0 Å². The van der Waals surface area contributed by atoms with E-state index in [1.165, 1.54) is 6.07 Å². The predicted molar refractivity (Wildman–Crippen MR) is 44.6 cm³/mol. The Morgan fingerprint density at radius 3 is 2.56 bits per heavy atom. The van der Waals surface area contributed by atoms with Crippen LogP contribution in [0.1, 0.15) is 5.56 Å². The molecule has 16 heavy (non-hydrogen) atoms. The Labute approximate surface area is 88.2 Å². The van der Waals surface area contributed by atoms with Gasteiger partial charge in [-0.1, -0.05) is 0 Å². The molecular formula is C7H3F3N2O3S. The van der Waals surface area contributed by atoms with Crippen LogP contribution in [0.15, 0.2) is 18.3 Å². The molecule has 0 radical (unpaired) electrons.